The molecular weight excluding hydrogens is 712 g/mol. The fourth-order valence-electron chi connectivity index (χ4n) is 8.01. The van der Waals surface area contributed by atoms with E-state index >= 15 is 0 Å². The molecule has 11 nitrogen and oxygen atoms in total. The first-order chi connectivity index (χ1) is 24.0. The molecule has 4 aliphatic rings. The zero-order chi connectivity index (χ0) is 34.8. The number of ether oxygens (including phenoxy) is 4. The molecule has 3 aliphatic carbocycles. The normalized spacial score (nSPS) is 25.3. The van der Waals surface area contributed by atoms with Crippen molar-refractivity contribution in [3.05, 3.63) is 28.1 Å². The number of aromatic nitrogens is 1. The van der Waals surface area contributed by atoms with Crippen molar-refractivity contribution in [2.75, 3.05) is 53.7 Å². The molecular formula is C35H57Cl2MnN5O6. The minimum atomic E-state index is -0.444. The Labute approximate surface area is 307 Å². The van der Waals surface area contributed by atoms with Crippen LogP contribution >= 0.6 is 20.2 Å². The van der Waals surface area contributed by atoms with Crippen molar-refractivity contribution in [1.82, 2.24) is 26.3 Å². The summed E-state index contributed by atoms with van der Waals surface area (Å²) in [6, 6.07) is 1.23. The summed E-state index contributed by atoms with van der Waals surface area (Å²) < 4.78 is 22.0. The molecule has 3 saturated carbocycles. The third kappa shape index (κ3) is 12.3. The number of hydrogen-bond acceptors (Lipinski definition) is 11. The fraction of sp³-hybridized carbons (Fsp3) is 0.800. The second kappa shape index (κ2) is 22.8. The molecule has 0 saturated heterocycles. The first-order valence-corrected chi connectivity index (χ1v) is 21.4. The monoisotopic (exact) mass is 768 g/mol. The van der Waals surface area contributed by atoms with Crippen LogP contribution in [0, 0.1) is 0 Å². The van der Waals surface area contributed by atoms with Gasteiger partial charge in [0.25, 0.3) is 0 Å². The number of methoxy groups -OCH3 is 2. The van der Waals surface area contributed by atoms with E-state index in [4.69, 9.17) is 44.1 Å². The van der Waals surface area contributed by atoms with Gasteiger partial charge in [-0.05, 0) is 50.0 Å². The molecule has 0 unspecified atom stereocenters. The summed E-state index contributed by atoms with van der Waals surface area (Å²) in [5, 5.41) is 15.3. The van der Waals surface area contributed by atoms with Crippen molar-refractivity contribution < 1.29 is 41.7 Å². The second-order valence-corrected chi connectivity index (χ2v) is 15.4. The Hall–Kier alpha value is -1.05. The van der Waals surface area contributed by atoms with Gasteiger partial charge < -0.3 is 40.2 Å². The number of hydrogen-bond donors (Lipinski definition) is 4. The van der Waals surface area contributed by atoms with Crippen LogP contribution in [0.1, 0.15) is 127 Å². The van der Waals surface area contributed by atoms with Gasteiger partial charge >= 0.3 is 45.3 Å². The van der Waals surface area contributed by atoms with Gasteiger partial charge in [-0.25, -0.2) is 9.59 Å². The minimum absolute atomic E-state index is 0.00694. The summed E-state index contributed by atoms with van der Waals surface area (Å²) in [5.41, 5.74) is 2.94. The van der Waals surface area contributed by atoms with Crippen molar-refractivity contribution in [2.45, 2.75) is 127 Å². The molecule has 49 heavy (non-hydrogen) atoms. The van der Waals surface area contributed by atoms with Crippen LogP contribution in [-0.4, -0.2) is 94.8 Å². The fourth-order valence-corrected chi connectivity index (χ4v) is 8.01. The molecule has 1 aliphatic heterocycles. The molecule has 0 aromatic carbocycles. The van der Waals surface area contributed by atoms with Crippen LogP contribution in [0.3, 0.4) is 0 Å². The Morgan fingerprint density at radius 2 is 1.02 bits per heavy atom. The van der Waals surface area contributed by atoms with Crippen LogP contribution in [-0.2, 0) is 45.2 Å². The number of fused-ring (bicyclic) bond motifs is 4. The summed E-state index contributed by atoms with van der Waals surface area (Å²) in [5.74, 6) is -0.847. The van der Waals surface area contributed by atoms with E-state index in [9.17, 15) is 9.59 Å². The Morgan fingerprint density at radius 3 is 1.43 bits per heavy atom. The van der Waals surface area contributed by atoms with Crippen LogP contribution in [0.2, 0.25) is 0 Å². The van der Waals surface area contributed by atoms with E-state index in [0.29, 0.717) is 60.9 Å². The van der Waals surface area contributed by atoms with Gasteiger partial charge in [0, 0.05) is 64.6 Å². The van der Waals surface area contributed by atoms with Crippen molar-refractivity contribution in [1.29, 1.82) is 0 Å². The zero-order valence-electron chi connectivity index (χ0n) is 29.3. The van der Waals surface area contributed by atoms with Gasteiger partial charge in [0.2, 0.25) is 0 Å². The average Bonchev–Trinajstić information content (AvgIpc) is 3.12. The number of carbonyl (C=O) groups excluding carboxylic acids is 2. The van der Waals surface area contributed by atoms with Gasteiger partial charge in [-0.3, -0.25) is 4.98 Å². The third-order valence-electron chi connectivity index (χ3n) is 10.4. The Balaban J connectivity index is 0.00000174. The molecule has 0 radical (unpaired) electrons. The first kappa shape index (κ1) is 40.7. The van der Waals surface area contributed by atoms with Crippen LogP contribution in [0.15, 0.2) is 0 Å². The number of nitrogens with zero attached hydrogens (tertiary/aromatic N) is 1. The van der Waals surface area contributed by atoms with Gasteiger partial charge in [0.1, 0.15) is 13.2 Å². The van der Waals surface area contributed by atoms with E-state index in [2.05, 4.69) is 21.3 Å². The van der Waals surface area contributed by atoms with Crippen LogP contribution in [0.4, 0.5) is 0 Å². The molecule has 0 spiro atoms. The van der Waals surface area contributed by atoms with Crippen molar-refractivity contribution in [3.63, 3.8) is 0 Å². The molecule has 4 atom stereocenters. The number of nitrogens with one attached hydrogen (secondary N) is 4. The van der Waals surface area contributed by atoms with E-state index in [-0.39, 0.29) is 44.3 Å². The van der Waals surface area contributed by atoms with Gasteiger partial charge in [-0.1, -0.05) is 44.9 Å². The number of carbonyl (C=O) groups is 2. The number of halogens is 2. The van der Waals surface area contributed by atoms with Crippen molar-refractivity contribution >= 4 is 32.1 Å². The summed E-state index contributed by atoms with van der Waals surface area (Å²) in [7, 11) is 12.8. The standard InChI is InChI=1S/C35H57N5O6.2ClH.Mn/c1-43-18-20-45-34(41)32-29-22-38-27-14-8-6-12-25(27)36-16-17-37-26-13-7-9-15-28(26)39-23-30(40-29)33(35(42)46-21-19-44-2)31(32)24-10-4-3-5-11-24;;;/h24-28,36-39H,3-23H2,1-2H3;2*1H;/q;;;+2/p-2/t25-,26-,27-,28-;;;/m1.../s1. The van der Waals surface area contributed by atoms with E-state index in [1.54, 1.807) is 14.2 Å². The molecule has 3 fully saturated rings. The summed E-state index contributed by atoms with van der Waals surface area (Å²) in [4.78, 5) is 33.3. The Bertz CT molecular complexity index is 1090. The molecule has 0 amide bonds. The van der Waals surface area contributed by atoms with Gasteiger partial charge in [-0.2, -0.15) is 0 Å². The topological polar surface area (TPSA) is 132 Å². The average molecular weight is 770 g/mol. The summed E-state index contributed by atoms with van der Waals surface area (Å²) in [6.07, 6.45) is 14.2. The van der Waals surface area contributed by atoms with Gasteiger partial charge in [0.05, 0.1) is 35.7 Å². The molecule has 1 aromatic heterocycles. The predicted octanol–water partition coefficient (Wildman–Crippen LogP) is 5.11. The van der Waals surface area contributed by atoms with E-state index in [1.807, 2.05) is 0 Å². The zero-order valence-corrected chi connectivity index (χ0v) is 32.0. The maximum atomic E-state index is 14.1. The Kier molecular flexibility index (Phi) is 18.9. The first-order valence-electron chi connectivity index (χ1n) is 18.2. The molecule has 2 heterocycles. The molecule has 279 valence electrons. The number of pyridine rings is 1. The molecule has 5 rings (SSSR count). The quantitative estimate of drug-likeness (QED) is 0.152. The SMILES string of the molecule is COCCOC(=O)c1c2nc(c(C(=O)OCCOC)c1C1CCCCC1)CN[C@@H]1CCCC[C@H]1NCCN[C@@H]1CCCC[C@H]1NC2.[Cl][Mn][Cl]. The van der Waals surface area contributed by atoms with E-state index in [1.165, 1.54) is 25.7 Å². The Morgan fingerprint density at radius 1 is 0.633 bits per heavy atom. The van der Waals surface area contributed by atoms with Crippen LogP contribution in [0.5, 0.6) is 0 Å². The summed E-state index contributed by atoms with van der Waals surface area (Å²) >= 11 is 0.00694. The predicted molar refractivity (Wildman–Crippen MR) is 188 cm³/mol. The molecule has 14 heteroatoms. The van der Waals surface area contributed by atoms with E-state index in [0.717, 1.165) is 76.4 Å². The second-order valence-electron chi connectivity index (χ2n) is 13.5. The molecule has 4 N–H and O–H groups in total. The molecule has 1 aromatic rings. The van der Waals surface area contributed by atoms with Crippen molar-refractivity contribution in [2.24, 2.45) is 0 Å². The maximum absolute atomic E-state index is 14.1. The van der Waals surface area contributed by atoms with Crippen LogP contribution in [0.25, 0.3) is 0 Å². The van der Waals surface area contributed by atoms with Gasteiger partial charge in [-0.15, -0.1) is 0 Å². The summed E-state index contributed by atoms with van der Waals surface area (Å²) in [6.45, 7) is 3.54. The number of esters is 2. The van der Waals surface area contributed by atoms with E-state index < -0.39 is 11.9 Å². The third-order valence-corrected chi connectivity index (χ3v) is 10.4. The number of rotatable bonds is 9. The molecule has 2 bridgehead atoms. The van der Waals surface area contributed by atoms with Crippen molar-refractivity contribution in [3.8, 4) is 0 Å². The van der Waals surface area contributed by atoms with Crippen LogP contribution < -0.4 is 21.3 Å². The van der Waals surface area contributed by atoms with Gasteiger partial charge in [0.15, 0.2) is 0 Å².